The molecule has 94 valence electrons. The highest BCUT2D eigenvalue weighted by molar-refractivity contribution is 9.10. The van der Waals surface area contributed by atoms with Crippen molar-refractivity contribution in [3.8, 4) is 0 Å². The summed E-state index contributed by atoms with van der Waals surface area (Å²) in [5.41, 5.74) is 7.86. The Hall–Kier alpha value is -0.910. The lowest BCUT2D eigenvalue weighted by Crippen LogP contribution is -2.03. The van der Waals surface area contributed by atoms with Gasteiger partial charge >= 0.3 is 0 Å². The predicted molar refractivity (Wildman–Crippen MR) is 77.8 cm³/mol. The molecule has 0 amide bonds. The molecule has 0 spiro atoms. The van der Waals surface area contributed by atoms with Crippen molar-refractivity contribution in [1.82, 2.24) is 9.97 Å². The van der Waals surface area contributed by atoms with Crippen LogP contribution in [0, 0.1) is 6.92 Å². The zero-order valence-electron chi connectivity index (χ0n) is 10.1. The molecule has 1 heterocycles. The molecule has 18 heavy (non-hydrogen) atoms. The molecule has 0 unspecified atom stereocenters. The van der Waals surface area contributed by atoms with Gasteiger partial charge in [-0.1, -0.05) is 22.0 Å². The Kier molecular flexibility index (Phi) is 4.74. The first-order valence-electron chi connectivity index (χ1n) is 5.64. The van der Waals surface area contributed by atoms with Crippen LogP contribution >= 0.6 is 27.7 Å². The van der Waals surface area contributed by atoms with Crippen LogP contribution < -0.4 is 5.73 Å². The van der Waals surface area contributed by atoms with Gasteiger partial charge in [-0.15, -0.1) is 0 Å². The molecule has 0 aliphatic carbocycles. The summed E-state index contributed by atoms with van der Waals surface area (Å²) in [5.74, 6) is 0. The van der Waals surface area contributed by atoms with Crippen LogP contribution in [0.4, 0.5) is 0 Å². The summed E-state index contributed by atoms with van der Waals surface area (Å²) >= 11 is 5.12. The number of nitrogens with zero attached hydrogens (tertiary/aromatic N) is 2. The van der Waals surface area contributed by atoms with Gasteiger partial charge in [0.2, 0.25) is 0 Å². The second-order valence-corrected chi connectivity index (χ2v) is 5.83. The summed E-state index contributed by atoms with van der Waals surface area (Å²) in [6.45, 7) is 2.64. The molecule has 2 N–H and O–H groups in total. The number of rotatable bonds is 4. The van der Waals surface area contributed by atoms with Crippen molar-refractivity contribution in [2.45, 2.75) is 23.4 Å². The lowest BCUT2D eigenvalue weighted by Gasteiger charge is -2.05. The molecule has 2 rings (SSSR count). The molecule has 1 aromatic carbocycles. The quantitative estimate of drug-likeness (QED) is 0.878. The van der Waals surface area contributed by atoms with Gasteiger partial charge in [-0.2, -0.15) is 0 Å². The van der Waals surface area contributed by atoms with Gasteiger partial charge in [0, 0.05) is 21.8 Å². The first kappa shape index (κ1) is 13.5. The van der Waals surface area contributed by atoms with Gasteiger partial charge in [0.1, 0.15) is 0 Å². The first-order chi connectivity index (χ1) is 8.69. The fourth-order valence-corrected chi connectivity index (χ4v) is 2.95. The smallest absolute Gasteiger partial charge is 0.192 e. The van der Waals surface area contributed by atoms with Crippen LogP contribution in [0.15, 0.2) is 45.1 Å². The maximum Gasteiger partial charge on any atom is 0.192 e. The summed E-state index contributed by atoms with van der Waals surface area (Å²) in [6, 6.07) is 6.25. The Bertz CT molecular complexity index is 528. The van der Waals surface area contributed by atoms with Gasteiger partial charge in [0.25, 0.3) is 0 Å². The van der Waals surface area contributed by atoms with E-state index < -0.39 is 0 Å². The predicted octanol–water partition coefficient (Wildman–Crippen LogP) is 3.20. The molecule has 5 heteroatoms. The Morgan fingerprint density at radius 2 is 2.00 bits per heavy atom. The summed E-state index contributed by atoms with van der Waals surface area (Å²) in [6.07, 6.45) is 4.53. The van der Waals surface area contributed by atoms with Crippen molar-refractivity contribution in [3.63, 3.8) is 0 Å². The van der Waals surface area contributed by atoms with Crippen molar-refractivity contribution in [2.24, 2.45) is 5.73 Å². The largest absolute Gasteiger partial charge is 0.330 e. The number of benzene rings is 1. The number of aromatic nitrogens is 2. The van der Waals surface area contributed by atoms with E-state index in [0.29, 0.717) is 6.54 Å². The SMILES string of the molecule is Cc1cnc(Sc2ccc(CCN)c(Br)c2)nc1. The van der Waals surface area contributed by atoms with E-state index in [-0.39, 0.29) is 0 Å². The summed E-state index contributed by atoms with van der Waals surface area (Å²) < 4.78 is 1.09. The van der Waals surface area contributed by atoms with E-state index in [0.717, 1.165) is 26.5 Å². The van der Waals surface area contributed by atoms with Crippen LogP contribution in [0.2, 0.25) is 0 Å². The number of hydrogen-bond acceptors (Lipinski definition) is 4. The fraction of sp³-hybridized carbons (Fsp3) is 0.231. The van der Waals surface area contributed by atoms with Crippen LogP contribution in [0.3, 0.4) is 0 Å². The van der Waals surface area contributed by atoms with E-state index in [9.17, 15) is 0 Å². The van der Waals surface area contributed by atoms with E-state index in [4.69, 9.17) is 5.73 Å². The van der Waals surface area contributed by atoms with E-state index in [2.05, 4.69) is 44.1 Å². The minimum absolute atomic E-state index is 0.659. The molecule has 2 aromatic rings. The number of nitrogens with two attached hydrogens (primary N) is 1. The maximum atomic E-state index is 5.56. The Labute approximate surface area is 119 Å². The molecule has 3 nitrogen and oxygen atoms in total. The van der Waals surface area contributed by atoms with Crippen LogP contribution in [-0.4, -0.2) is 16.5 Å². The van der Waals surface area contributed by atoms with Gasteiger partial charge in [0.15, 0.2) is 5.16 Å². The molecule has 0 atom stereocenters. The molecular weight excluding hydrogens is 310 g/mol. The third-order valence-electron chi connectivity index (χ3n) is 2.40. The standard InChI is InChI=1S/C13H14BrN3S/c1-9-7-16-13(17-8-9)18-11-3-2-10(4-5-15)12(14)6-11/h2-3,6-8H,4-5,15H2,1H3. The van der Waals surface area contributed by atoms with Crippen molar-refractivity contribution in [3.05, 3.63) is 46.2 Å². The first-order valence-corrected chi connectivity index (χ1v) is 7.25. The minimum atomic E-state index is 0.659. The van der Waals surface area contributed by atoms with Gasteiger partial charge in [-0.05, 0) is 54.9 Å². The van der Waals surface area contributed by atoms with Gasteiger partial charge in [-0.25, -0.2) is 9.97 Å². The van der Waals surface area contributed by atoms with Gasteiger partial charge < -0.3 is 5.73 Å². The molecule has 0 saturated heterocycles. The highest BCUT2D eigenvalue weighted by atomic mass is 79.9. The highest BCUT2D eigenvalue weighted by Gasteiger charge is 2.04. The number of halogens is 1. The second kappa shape index (κ2) is 6.31. The van der Waals surface area contributed by atoms with Crippen molar-refractivity contribution in [1.29, 1.82) is 0 Å². The second-order valence-electron chi connectivity index (χ2n) is 3.94. The Morgan fingerprint density at radius 1 is 1.28 bits per heavy atom. The lowest BCUT2D eigenvalue weighted by molar-refractivity contribution is 0.947. The summed E-state index contributed by atoms with van der Waals surface area (Å²) in [4.78, 5) is 9.67. The number of aryl methyl sites for hydroxylation is 1. The van der Waals surface area contributed by atoms with E-state index in [1.165, 1.54) is 5.56 Å². The van der Waals surface area contributed by atoms with E-state index >= 15 is 0 Å². The highest BCUT2D eigenvalue weighted by Crippen LogP contribution is 2.29. The topological polar surface area (TPSA) is 51.8 Å². The molecule has 1 aromatic heterocycles. The maximum absolute atomic E-state index is 5.56. The van der Waals surface area contributed by atoms with Crippen LogP contribution in [0.25, 0.3) is 0 Å². The zero-order chi connectivity index (χ0) is 13.0. The molecule has 0 aliphatic heterocycles. The Balaban J connectivity index is 2.14. The summed E-state index contributed by atoms with van der Waals surface area (Å²) in [5, 5.41) is 0.763. The fourth-order valence-electron chi connectivity index (χ4n) is 1.49. The molecule has 0 bridgehead atoms. The summed E-state index contributed by atoms with van der Waals surface area (Å²) in [7, 11) is 0. The van der Waals surface area contributed by atoms with E-state index in [1.54, 1.807) is 11.8 Å². The monoisotopic (exact) mass is 323 g/mol. The minimum Gasteiger partial charge on any atom is -0.330 e. The van der Waals surface area contributed by atoms with Crippen LogP contribution in [0.1, 0.15) is 11.1 Å². The van der Waals surface area contributed by atoms with Gasteiger partial charge in [-0.3, -0.25) is 0 Å². The molecule has 0 saturated carbocycles. The third-order valence-corrected chi connectivity index (χ3v) is 4.03. The molecular formula is C13H14BrN3S. The average molecular weight is 324 g/mol. The third kappa shape index (κ3) is 3.54. The molecule has 0 aliphatic rings. The van der Waals surface area contributed by atoms with Crippen LogP contribution in [-0.2, 0) is 6.42 Å². The van der Waals surface area contributed by atoms with Crippen molar-refractivity contribution < 1.29 is 0 Å². The zero-order valence-corrected chi connectivity index (χ0v) is 12.5. The van der Waals surface area contributed by atoms with Crippen molar-refractivity contribution in [2.75, 3.05) is 6.54 Å². The normalized spacial score (nSPS) is 10.6. The average Bonchev–Trinajstić information content (AvgIpc) is 2.36. The van der Waals surface area contributed by atoms with Crippen LogP contribution in [0.5, 0.6) is 0 Å². The Morgan fingerprint density at radius 3 is 2.61 bits per heavy atom. The lowest BCUT2D eigenvalue weighted by atomic mass is 10.1. The number of hydrogen-bond donors (Lipinski definition) is 1. The van der Waals surface area contributed by atoms with Gasteiger partial charge in [0.05, 0.1) is 0 Å². The molecule has 0 fully saturated rings. The van der Waals surface area contributed by atoms with Crippen molar-refractivity contribution >= 4 is 27.7 Å². The molecule has 0 radical (unpaired) electrons. The van der Waals surface area contributed by atoms with E-state index in [1.807, 2.05) is 19.3 Å².